The summed E-state index contributed by atoms with van der Waals surface area (Å²) in [5, 5.41) is 18.1. The SMILES string of the molecule is COC(=O)C1CCN(c2cc(-c3ccccc3O)nnc2N)CC1. The molecule has 1 aliphatic rings. The number of nitrogens with two attached hydrogens (primary N) is 1. The van der Waals surface area contributed by atoms with E-state index in [1.807, 2.05) is 12.1 Å². The Morgan fingerprint density at radius 1 is 1.29 bits per heavy atom. The molecule has 0 spiro atoms. The van der Waals surface area contributed by atoms with Gasteiger partial charge >= 0.3 is 5.97 Å². The fraction of sp³-hybridized carbons (Fsp3) is 0.353. The fourth-order valence-electron chi connectivity index (χ4n) is 2.99. The summed E-state index contributed by atoms with van der Waals surface area (Å²) in [5.74, 6) is 0.253. The van der Waals surface area contributed by atoms with Crippen molar-refractivity contribution in [2.45, 2.75) is 12.8 Å². The van der Waals surface area contributed by atoms with Gasteiger partial charge in [0.15, 0.2) is 5.82 Å². The minimum atomic E-state index is -0.162. The van der Waals surface area contributed by atoms with Crippen LogP contribution in [-0.2, 0) is 9.53 Å². The van der Waals surface area contributed by atoms with Crippen LogP contribution in [-0.4, -0.2) is 41.5 Å². The number of para-hydroxylation sites is 1. The highest BCUT2D eigenvalue weighted by molar-refractivity contribution is 5.75. The van der Waals surface area contributed by atoms with Gasteiger partial charge in [0.1, 0.15) is 5.75 Å². The van der Waals surface area contributed by atoms with E-state index in [0.29, 0.717) is 43.0 Å². The van der Waals surface area contributed by atoms with Crippen molar-refractivity contribution in [2.75, 3.05) is 30.8 Å². The predicted octanol–water partition coefficient (Wildman–Crippen LogP) is 1.82. The first-order valence-electron chi connectivity index (χ1n) is 7.84. The van der Waals surface area contributed by atoms with Crippen LogP contribution in [0, 0.1) is 5.92 Å². The van der Waals surface area contributed by atoms with Gasteiger partial charge in [-0.2, -0.15) is 0 Å². The minimum Gasteiger partial charge on any atom is -0.507 e. The second-order valence-electron chi connectivity index (χ2n) is 5.80. The van der Waals surface area contributed by atoms with Crippen LogP contribution in [0.25, 0.3) is 11.3 Å². The number of aromatic hydroxyl groups is 1. The number of phenolic OH excluding ortho intramolecular Hbond substituents is 1. The van der Waals surface area contributed by atoms with Gasteiger partial charge in [0, 0.05) is 18.7 Å². The Morgan fingerprint density at radius 3 is 2.67 bits per heavy atom. The van der Waals surface area contributed by atoms with E-state index in [1.54, 1.807) is 18.2 Å². The summed E-state index contributed by atoms with van der Waals surface area (Å²) in [6.45, 7) is 1.38. The second-order valence-corrected chi connectivity index (χ2v) is 5.80. The lowest BCUT2D eigenvalue weighted by Crippen LogP contribution is -2.37. The van der Waals surface area contributed by atoms with Crippen LogP contribution < -0.4 is 10.6 Å². The molecule has 0 radical (unpaired) electrons. The molecule has 1 aromatic carbocycles. The van der Waals surface area contributed by atoms with E-state index in [-0.39, 0.29) is 17.6 Å². The molecule has 1 aromatic heterocycles. The van der Waals surface area contributed by atoms with Gasteiger partial charge in [-0.05, 0) is 31.0 Å². The third-order valence-corrected chi connectivity index (χ3v) is 4.35. The van der Waals surface area contributed by atoms with Gasteiger partial charge in [-0.25, -0.2) is 0 Å². The van der Waals surface area contributed by atoms with E-state index in [2.05, 4.69) is 15.1 Å². The highest BCUT2D eigenvalue weighted by Gasteiger charge is 2.27. The zero-order valence-electron chi connectivity index (χ0n) is 13.5. The van der Waals surface area contributed by atoms with Gasteiger partial charge in [-0.1, -0.05) is 12.1 Å². The highest BCUT2D eigenvalue weighted by Crippen LogP contribution is 2.33. The van der Waals surface area contributed by atoms with Gasteiger partial charge in [-0.15, -0.1) is 10.2 Å². The number of methoxy groups -OCH3 is 1. The molecular weight excluding hydrogens is 308 g/mol. The van der Waals surface area contributed by atoms with Gasteiger partial charge in [0.2, 0.25) is 0 Å². The predicted molar refractivity (Wildman–Crippen MR) is 90.5 cm³/mol. The van der Waals surface area contributed by atoms with Crippen molar-refractivity contribution in [3.63, 3.8) is 0 Å². The molecule has 7 heteroatoms. The lowest BCUT2D eigenvalue weighted by atomic mass is 9.96. The number of nitrogens with zero attached hydrogens (tertiary/aromatic N) is 3. The van der Waals surface area contributed by atoms with Gasteiger partial charge in [0.25, 0.3) is 0 Å². The van der Waals surface area contributed by atoms with E-state index in [1.165, 1.54) is 7.11 Å². The van der Waals surface area contributed by atoms with Crippen molar-refractivity contribution in [1.82, 2.24) is 10.2 Å². The van der Waals surface area contributed by atoms with Crippen LogP contribution >= 0.6 is 0 Å². The standard InChI is InChI=1S/C17H20N4O3/c1-24-17(23)11-6-8-21(9-7-11)14-10-13(19-20-16(14)18)12-4-2-3-5-15(12)22/h2-5,10-11,22H,6-9H2,1H3,(H2,18,20). The summed E-state index contributed by atoms with van der Waals surface area (Å²) in [5.41, 5.74) is 7.93. The van der Waals surface area contributed by atoms with Gasteiger partial charge in [-0.3, -0.25) is 4.79 Å². The summed E-state index contributed by atoms with van der Waals surface area (Å²) in [7, 11) is 1.41. The second kappa shape index (κ2) is 6.74. The van der Waals surface area contributed by atoms with Crippen LogP contribution in [0.5, 0.6) is 5.75 Å². The Bertz CT molecular complexity index is 742. The molecule has 126 valence electrons. The molecule has 1 saturated heterocycles. The largest absolute Gasteiger partial charge is 0.507 e. The summed E-state index contributed by atoms with van der Waals surface area (Å²) in [6, 6.07) is 8.80. The quantitative estimate of drug-likeness (QED) is 0.829. The average molecular weight is 328 g/mol. The number of hydrogen-bond acceptors (Lipinski definition) is 7. The monoisotopic (exact) mass is 328 g/mol. The molecule has 0 atom stereocenters. The Hall–Kier alpha value is -2.83. The molecule has 0 saturated carbocycles. The van der Waals surface area contributed by atoms with Crippen LogP contribution in [0.1, 0.15) is 12.8 Å². The van der Waals surface area contributed by atoms with E-state index in [4.69, 9.17) is 10.5 Å². The number of nitrogen functional groups attached to an aromatic ring is 1. The first kappa shape index (κ1) is 16.0. The average Bonchev–Trinajstić information content (AvgIpc) is 2.62. The Morgan fingerprint density at radius 2 is 2.00 bits per heavy atom. The number of carbonyl (C=O) groups excluding carboxylic acids is 1. The first-order valence-corrected chi connectivity index (χ1v) is 7.84. The minimum absolute atomic E-state index is 0.0695. The molecule has 2 aromatic rings. The smallest absolute Gasteiger partial charge is 0.308 e. The number of benzene rings is 1. The van der Waals surface area contributed by atoms with Crippen molar-refractivity contribution in [3.05, 3.63) is 30.3 Å². The number of aromatic nitrogens is 2. The topological polar surface area (TPSA) is 102 Å². The molecule has 1 aliphatic heterocycles. The number of rotatable bonds is 3. The maximum absolute atomic E-state index is 11.6. The number of anilines is 2. The van der Waals surface area contributed by atoms with Crippen LogP contribution in [0.4, 0.5) is 11.5 Å². The Kier molecular flexibility index (Phi) is 4.50. The molecule has 24 heavy (non-hydrogen) atoms. The summed E-state index contributed by atoms with van der Waals surface area (Å²) in [4.78, 5) is 13.7. The van der Waals surface area contributed by atoms with Crippen LogP contribution in [0.3, 0.4) is 0 Å². The third kappa shape index (κ3) is 3.10. The molecule has 0 bridgehead atoms. The molecular formula is C17H20N4O3. The lowest BCUT2D eigenvalue weighted by Gasteiger charge is -2.32. The van der Waals surface area contributed by atoms with E-state index < -0.39 is 0 Å². The third-order valence-electron chi connectivity index (χ3n) is 4.35. The highest BCUT2D eigenvalue weighted by atomic mass is 16.5. The van der Waals surface area contributed by atoms with Crippen LogP contribution in [0.15, 0.2) is 30.3 Å². The normalized spacial score (nSPS) is 15.3. The van der Waals surface area contributed by atoms with E-state index in [0.717, 1.165) is 5.69 Å². The molecule has 7 nitrogen and oxygen atoms in total. The van der Waals surface area contributed by atoms with Crippen molar-refractivity contribution in [3.8, 4) is 17.0 Å². The number of esters is 1. The first-order chi connectivity index (χ1) is 11.6. The maximum Gasteiger partial charge on any atom is 0.308 e. The zero-order valence-corrected chi connectivity index (χ0v) is 13.5. The lowest BCUT2D eigenvalue weighted by molar-refractivity contribution is -0.146. The zero-order chi connectivity index (χ0) is 17.1. The number of phenols is 1. The van der Waals surface area contributed by atoms with Crippen molar-refractivity contribution in [1.29, 1.82) is 0 Å². The number of piperidine rings is 1. The van der Waals surface area contributed by atoms with Crippen molar-refractivity contribution >= 4 is 17.5 Å². The molecule has 1 fully saturated rings. The number of ether oxygens (including phenoxy) is 1. The maximum atomic E-state index is 11.6. The molecule has 3 N–H and O–H groups in total. The number of hydrogen-bond donors (Lipinski definition) is 2. The van der Waals surface area contributed by atoms with Crippen molar-refractivity contribution in [2.24, 2.45) is 5.92 Å². The van der Waals surface area contributed by atoms with Gasteiger partial charge in [0.05, 0.1) is 24.4 Å². The summed E-state index contributed by atoms with van der Waals surface area (Å²) < 4.78 is 4.81. The molecule has 3 rings (SSSR count). The summed E-state index contributed by atoms with van der Waals surface area (Å²) >= 11 is 0. The van der Waals surface area contributed by atoms with Crippen LogP contribution in [0.2, 0.25) is 0 Å². The molecule has 2 heterocycles. The van der Waals surface area contributed by atoms with Gasteiger partial charge < -0.3 is 20.5 Å². The Labute approximate surface area is 140 Å². The molecule has 0 amide bonds. The van der Waals surface area contributed by atoms with E-state index in [9.17, 15) is 9.90 Å². The fourth-order valence-corrected chi connectivity index (χ4v) is 2.99. The Balaban J connectivity index is 1.83. The van der Waals surface area contributed by atoms with E-state index >= 15 is 0 Å². The molecule has 0 unspecified atom stereocenters. The summed E-state index contributed by atoms with van der Waals surface area (Å²) in [6.07, 6.45) is 1.42. The van der Waals surface area contributed by atoms with Crippen molar-refractivity contribution < 1.29 is 14.6 Å². The molecule has 0 aliphatic carbocycles. The number of carbonyl (C=O) groups is 1.